The largest absolute Gasteiger partial charge is 0.378 e. The van der Waals surface area contributed by atoms with Gasteiger partial charge in [-0.2, -0.15) is 0 Å². The van der Waals surface area contributed by atoms with Crippen molar-refractivity contribution in [3.8, 4) is 0 Å². The zero-order valence-electron chi connectivity index (χ0n) is 11.3. The van der Waals surface area contributed by atoms with E-state index >= 15 is 0 Å². The van der Waals surface area contributed by atoms with Gasteiger partial charge in [-0.1, -0.05) is 24.3 Å². The third-order valence-corrected chi connectivity index (χ3v) is 2.63. The fourth-order valence-electron chi connectivity index (χ4n) is 1.75. The Kier molecular flexibility index (Phi) is 10.3. The van der Waals surface area contributed by atoms with Crippen LogP contribution in [0.2, 0.25) is 0 Å². The third kappa shape index (κ3) is 7.22. The van der Waals surface area contributed by atoms with Crippen molar-refractivity contribution in [1.29, 1.82) is 0 Å². The fraction of sp³-hybridized carbons (Fsp3) is 0.467. The Hall–Kier alpha value is -1.16. The van der Waals surface area contributed by atoms with Gasteiger partial charge in [0, 0.05) is 32.7 Å². The van der Waals surface area contributed by atoms with Crippen molar-refractivity contribution >= 4 is 0 Å². The highest BCUT2D eigenvalue weighted by Gasteiger charge is 2.13. The maximum absolute atomic E-state index is 10.1. The normalized spacial score (nSPS) is 12.4. The van der Waals surface area contributed by atoms with Crippen LogP contribution in [0.3, 0.4) is 0 Å². The van der Waals surface area contributed by atoms with Gasteiger partial charge in [0.15, 0.2) is 0 Å². The molecule has 3 nitrogen and oxygen atoms in total. The zero-order chi connectivity index (χ0) is 13.8. The van der Waals surface area contributed by atoms with Crippen LogP contribution in [-0.2, 0) is 0 Å². The molecule has 0 bridgehead atoms. The molecule has 0 aromatic rings. The van der Waals surface area contributed by atoms with Crippen molar-refractivity contribution in [2.75, 3.05) is 32.7 Å². The Morgan fingerprint density at radius 3 is 1.67 bits per heavy atom. The van der Waals surface area contributed by atoms with Crippen LogP contribution in [0.1, 0.15) is 6.42 Å². The van der Waals surface area contributed by atoms with Gasteiger partial charge < -0.3 is 5.11 Å². The summed E-state index contributed by atoms with van der Waals surface area (Å²) in [4.78, 5) is 4.11. The van der Waals surface area contributed by atoms with Crippen molar-refractivity contribution in [2.45, 2.75) is 12.6 Å². The van der Waals surface area contributed by atoms with Gasteiger partial charge in [0.2, 0.25) is 0 Å². The van der Waals surface area contributed by atoms with E-state index < -0.39 is 6.23 Å². The lowest BCUT2D eigenvalue weighted by atomic mass is 10.3. The van der Waals surface area contributed by atoms with Crippen molar-refractivity contribution < 1.29 is 5.11 Å². The maximum Gasteiger partial charge on any atom is 0.109 e. The van der Waals surface area contributed by atoms with Crippen molar-refractivity contribution in [3.05, 3.63) is 50.6 Å². The summed E-state index contributed by atoms with van der Waals surface area (Å²) in [6, 6.07) is 0. The van der Waals surface area contributed by atoms with Crippen LogP contribution in [-0.4, -0.2) is 53.9 Å². The number of nitrogens with zero attached hydrogens (tertiary/aromatic N) is 2. The van der Waals surface area contributed by atoms with Gasteiger partial charge in [-0.25, -0.2) is 0 Å². The molecule has 18 heavy (non-hydrogen) atoms. The Morgan fingerprint density at radius 1 is 0.833 bits per heavy atom. The monoisotopic (exact) mass is 250 g/mol. The van der Waals surface area contributed by atoms with Gasteiger partial charge in [0.1, 0.15) is 6.23 Å². The summed E-state index contributed by atoms with van der Waals surface area (Å²) in [6.45, 7) is 18.6. The first kappa shape index (κ1) is 16.8. The minimum absolute atomic E-state index is 0.474. The smallest absolute Gasteiger partial charge is 0.109 e. The Labute approximate surface area is 111 Å². The molecule has 1 atom stereocenters. The van der Waals surface area contributed by atoms with Gasteiger partial charge >= 0.3 is 0 Å². The van der Waals surface area contributed by atoms with E-state index in [1.807, 2.05) is 17.1 Å². The molecule has 0 fully saturated rings. The molecule has 0 heterocycles. The Morgan fingerprint density at radius 2 is 1.28 bits per heavy atom. The molecule has 0 rings (SSSR count). The highest BCUT2D eigenvalue weighted by molar-refractivity contribution is 4.83. The Balaban J connectivity index is 4.19. The number of hydrogen-bond acceptors (Lipinski definition) is 3. The first-order valence-corrected chi connectivity index (χ1v) is 6.27. The molecule has 0 amide bonds. The van der Waals surface area contributed by atoms with Crippen molar-refractivity contribution in [3.63, 3.8) is 0 Å². The van der Waals surface area contributed by atoms with Gasteiger partial charge in [-0.3, -0.25) is 9.80 Å². The lowest BCUT2D eigenvalue weighted by Gasteiger charge is -2.27. The molecule has 1 N–H and O–H groups in total. The van der Waals surface area contributed by atoms with E-state index in [9.17, 15) is 5.11 Å². The Bertz CT molecular complexity index is 243. The van der Waals surface area contributed by atoms with Gasteiger partial charge in [-0.15, -0.1) is 26.3 Å². The van der Waals surface area contributed by atoms with E-state index in [1.165, 1.54) is 0 Å². The van der Waals surface area contributed by atoms with Crippen LogP contribution < -0.4 is 0 Å². The van der Waals surface area contributed by atoms with E-state index in [0.717, 1.165) is 19.6 Å². The molecule has 0 aliphatic rings. The summed E-state index contributed by atoms with van der Waals surface area (Å²) in [5.41, 5.74) is 0. The zero-order valence-corrected chi connectivity index (χ0v) is 11.3. The van der Waals surface area contributed by atoms with Crippen LogP contribution in [0.4, 0.5) is 0 Å². The number of aliphatic hydroxyl groups excluding tert-OH is 1. The van der Waals surface area contributed by atoms with E-state index in [2.05, 4.69) is 31.2 Å². The molecular formula is C15H26N2O. The molecule has 1 unspecified atom stereocenters. The average molecular weight is 250 g/mol. The number of aliphatic hydroxyl groups is 1. The van der Waals surface area contributed by atoms with Crippen LogP contribution in [0.25, 0.3) is 0 Å². The SMILES string of the molecule is C=CCN(CC=C)CCC(O)N(CC=C)CC=C. The topological polar surface area (TPSA) is 26.7 Å². The first-order valence-electron chi connectivity index (χ1n) is 6.27. The molecule has 0 saturated carbocycles. The highest BCUT2D eigenvalue weighted by Crippen LogP contribution is 2.04. The average Bonchev–Trinajstić information content (AvgIpc) is 2.36. The maximum atomic E-state index is 10.1. The van der Waals surface area contributed by atoms with E-state index in [0.29, 0.717) is 19.5 Å². The lowest BCUT2D eigenvalue weighted by molar-refractivity contribution is 0.00712. The molecular weight excluding hydrogens is 224 g/mol. The summed E-state index contributed by atoms with van der Waals surface area (Å²) in [6.07, 6.45) is 7.51. The molecule has 3 heteroatoms. The second kappa shape index (κ2) is 11.0. The second-order valence-corrected chi connectivity index (χ2v) is 4.14. The second-order valence-electron chi connectivity index (χ2n) is 4.14. The van der Waals surface area contributed by atoms with Gasteiger partial charge in [0.25, 0.3) is 0 Å². The van der Waals surface area contributed by atoms with Crippen LogP contribution in [0.15, 0.2) is 50.6 Å². The molecule has 0 aromatic carbocycles. The van der Waals surface area contributed by atoms with Gasteiger partial charge in [0.05, 0.1) is 0 Å². The highest BCUT2D eigenvalue weighted by atomic mass is 16.3. The summed E-state index contributed by atoms with van der Waals surface area (Å²) in [5.74, 6) is 0. The predicted octanol–water partition coefficient (Wildman–Crippen LogP) is 2.04. The molecule has 0 radical (unpaired) electrons. The minimum atomic E-state index is -0.474. The summed E-state index contributed by atoms with van der Waals surface area (Å²) in [5, 5.41) is 10.1. The molecule has 0 aliphatic heterocycles. The van der Waals surface area contributed by atoms with E-state index in [1.54, 1.807) is 12.2 Å². The van der Waals surface area contributed by atoms with Crippen LogP contribution >= 0.6 is 0 Å². The van der Waals surface area contributed by atoms with Crippen LogP contribution in [0, 0.1) is 0 Å². The summed E-state index contributed by atoms with van der Waals surface area (Å²) in [7, 11) is 0. The first-order chi connectivity index (χ1) is 8.69. The number of hydrogen-bond donors (Lipinski definition) is 1. The van der Waals surface area contributed by atoms with Crippen molar-refractivity contribution in [1.82, 2.24) is 9.80 Å². The summed E-state index contributed by atoms with van der Waals surface area (Å²) < 4.78 is 0. The summed E-state index contributed by atoms with van der Waals surface area (Å²) >= 11 is 0. The quantitative estimate of drug-likeness (QED) is 0.424. The predicted molar refractivity (Wildman–Crippen MR) is 79.4 cm³/mol. The van der Waals surface area contributed by atoms with Crippen molar-refractivity contribution in [2.24, 2.45) is 0 Å². The standard InChI is InChI=1S/C15H26N2O/c1-5-10-16(11-6-2)14-9-15(18)17(12-7-3)13-8-4/h5-8,15,18H,1-4,9-14H2. The van der Waals surface area contributed by atoms with Gasteiger partial charge in [-0.05, 0) is 6.42 Å². The van der Waals surface area contributed by atoms with E-state index in [4.69, 9.17) is 0 Å². The van der Waals surface area contributed by atoms with E-state index in [-0.39, 0.29) is 0 Å². The number of rotatable bonds is 12. The lowest BCUT2D eigenvalue weighted by Crippen LogP contribution is -2.38. The molecule has 102 valence electrons. The fourth-order valence-corrected chi connectivity index (χ4v) is 1.75. The molecule has 0 aromatic heterocycles. The van der Waals surface area contributed by atoms with Crippen LogP contribution in [0.5, 0.6) is 0 Å². The molecule has 0 spiro atoms. The molecule has 0 saturated heterocycles. The minimum Gasteiger partial charge on any atom is -0.378 e. The third-order valence-electron chi connectivity index (χ3n) is 2.63. The molecule has 0 aliphatic carbocycles.